The van der Waals surface area contributed by atoms with Crippen LogP contribution in [0.25, 0.3) is 0 Å². The van der Waals surface area contributed by atoms with E-state index in [0.717, 1.165) is 17.1 Å². The van der Waals surface area contributed by atoms with Crippen LogP contribution in [0.1, 0.15) is 23.8 Å². The molecule has 3 aromatic rings. The number of rotatable bonds is 8. The molecule has 0 radical (unpaired) electrons. The summed E-state index contributed by atoms with van der Waals surface area (Å²) in [5.74, 6) is 1.75. The number of hydrogen-bond donors (Lipinski definition) is 1. The highest BCUT2D eigenvalue weighted by Crippen LogP contribution is 2.21. The van der Waals surface area contributed by atoms with Gasteiger partial charge in [-0.1, -0.05) is 48.5 Å². The normalized spacial score (nSPS) is 10.4. The van der Waals surface area contributed by atoms with Crippen molar-refractivity contribution in [3.8, 4) is 5.75 Å². The Kier molecular flexibility index (Phi) is 6.88. The first kappa shape index (κ1) is 19.0. The van der Waals surface area contributed by atoms with Crippen molar-refractivity contribution >= 4 is 17.3 Å². The smallest absolute Gasteiger partial charge is 0.169 e. The quantitative estimate of drug-likeness (QED) is 0.571. The lowest BCUT2D eigenvalue weighted by molar-refractivity contribution is 0.325. The molecule has 27 heavy (non-hydrogen) atoms. The van der Waals surface area contributed by atoms with Crippen molar-refractivity contribution in [2.45, 2.75) is 26.6 Å². The number of hydrogen-bond acceptors (Lipinski definition) is 3. The minimum Gasteiger partial charge on any atom is -0.494 e. The summed E-state index contributed by atoms with van der Waals surface area (Å²) >= 11 is 5.69. The van der Waals surface area contributed by atoms with Crippen molar-refractivity contribution in [2.75, 3.05) is 6.61 Å². The van der Waals surface area contributed by atoms with Crippen molar-refractivity contribution in [3.05, 3.63) is 89.9 Å². The molecule has 0 fully saturated rings. The van der Waals surface area contributed by atoms with Crippen LogP contribution in [0.4, 0.5) is 0 Å². The minimum atomic E-state index is 0.560. The van der Waals surface area contributed by atoms with Crippen LogP contribution in [0, 0.1) is 0 Å². The Morgan fingerprint density at radius 2 is 1.78 bits per heavy atom. The van der Waals surface area contributed by atoms with Gasteiger partial charge in [0.1, 0.15) is 11.5 Å². The molecular weight excluding hydrogens is 356 g/mol. The van der Waals surface area contributed by atoms with Crippen molar-refractivity contribution < 1.29 is 9.15 Å². The SMILES string of the molecule is CCOc1ccccc1CN(Cc1ccccc1)C(=S)NCc1ccco1. The summed E-state index contributed by atoms with van der Waals surface area (Å²) in [7, 11) is 0. The molecule has 0 aliphatic carbocycles. The summed E-state index contributed by atoms with van der Waals surface area (Å²) < 4.78 is 11.2. The molecule has 1 aromatic heterocycles. The van der Waals surface area contributed by atoms with Crippen LogP contribution in [0.15, 0.2) is 77.4 Å². The van der Waals surface area contributed by atoms with E-state index in [1.807, 2.05) is 55.5 Å². The molecule has 140 valence electrons. The highest BCUT2D eigenvalue weighted by Gasteiger charge is 2.14. The van der Waals surface area contributed by atoms with Crippen molar-refractivity contribution in [3.63, 3.8) is 0 Å². The van der Waals surface area contributed by atoms with Gasteiger partial charge in [-0.3, -0.25) is 0 Å². The van der Waals surface area contributed by atoms with E-state index >= 15 is 0 Å². The van der Waals surface area contributed by atoms with Crippen LogP contribution >= 0.6 is 12.2 Å². The predicted molar refractivity (Wildman–Crippen MR) is 111 cm³/mol. The molecule has 0 aliphatic rings. The average Bonchev–Trinajstić information content (AvgIpc) is 3.22. The van der Waals surface area contributed by atoms with Crippen LogP contribution in [0.2, 0.25) is 0 Å². The molecule has 3 rings (SSSR count). The first-order chi connectivity index (χ1) is 13.3. The number of para-hydroxylation sites is 1. The fourth-order valence-corrected chi connectivity index (χ4v) is 3.03. The van der Waals surface area contributed by atoms with Gasteiger partial charge in [-0.25, -0.2) is 0 Å². The molecule has 0 bridgehead atoms. The topological polar surface area (TPSA) is 37.6 Å². The van der Waals surface area contributed by atoms with E-state index in [9.17, 15) is 0 Å². The monoisotopic (exact) mass is 380 g/mol. The zero-order chi connectivity index (χ0) is 18.9. The van der Waals surface area contributed by atoms with Crippen LogP contribution < -0.4 is 10.1 Å². The summed E-state index contributed by atoms with van der Waals surface area (Å²) in [5.41, 5.74) is 2.31. The first-order valence-corrected chi connectivity index (χ1v) is 9.47. The number of nitrogens with zero attached hydrogens (tertiary/aromatic N) is 1. The van der Waals surface area contributed by atoms with Gasteiger partial charge in [0.15, 0.2) is 5.11 Å². The van der Waals surface area contributed by atoms with Crippen LogP contribution in [0.5, 0.6) is 5.75 Å². The minimum absolute atomic E-state index is 0.560. The van der Waals surface area contributed by atoms with E-state index in [4.69, 9.17) is 21.4 Å². The van der Waals surface area contributed by atoms with Crippen LogP contribution in [0.3, 0.4) is 0 Å². The second kappa shape index (κ2) is 9.78. The lowest BCUT2D eigenvalue weighted by Gasteiger charge is -2.27. The van der Waals surface area contributed by atoms with Gasteiger partial charge in [0.05, 0.1) is 19.4 Å². The van der Waals surface area contributed by atoms with Gasteiger partial charge in [-0.2, -0.15) is 0 Å². The second-order valence-corrected chi connectivity index (χ2v) is 6.51. The average molecular weight is 381 g/mol. The van der Waals surface area contributed by atoms with Gasteiger partial charge in [-0.15, -0.1) is 0 Å². The van der Waals surface area contributed by atoms with Gasteiger partial charge >= 0.3 is 0 Å². The van der Waals surface area contributed by atoms with E-state index in [1.165, 1.54) is 5.56 Å². The summed E-state index contributed by atoms with van der Waals surface area (Å²) in [5, 5.41) is 3.98. The third-order valence-corrected chi connectivity index (χ3v) is 4.53. The Balaban J connectivity index is 1.75. The first-order valence-electron chi connectivity index (χ1n) is 9.06. The van der Waals surface area contributed by atoms with E-state index in [1.54, 1.807) is 6.26 Å². The molecule has 0 saturated heterocycles. The number of thiocarbonyl (C=S) groups is 1. The zero-order valence-electron chi connectivity index (χ0n) is 15.4. The largest absolute Gasteiger partial charge is 0.494 e. The Hall–Kier alpha value is -2.79. The molecule has 1 heterocycles. The van der Waals surface area contributed by atoms with E-state index in [-0.39, 0.29) is 0 Å². The molecule has 0 atom stereocenters. The molecule has 0 aliphatic heterocycles. The molecule has 0 amide bonds. The number of benzene rings is 2. The van der Waals surface area contributed by atoms with Gasteiger partial charge in [0.25, 0.3) is 0 Å². The molecule has 0 spiro atoms. The van der Waals surface area contributed by atoms with Crippen molar-refractivity contribution in [1.82, 2.24) is 10.2 Å². The summed E-state index contributed by atoms with van der Waals surface area (Å²) in [6.45, 7) is 4.57. The Morgan fingerprint density at radius 3 is 2.52 bits per heavy atom. The molecule has 1 N–H and O–H groups in total. The molecule has 2 aromatic carbocycles. The highest BCUT2D eigenvalue weighted by molar-refractivity contribution is 7.80. The summed E-state index contributed by atoms with van der Waals surface area (Å²) in [6.07, 6.45) is 1.67. The third-order valence-electron chi connectivity index (χ3n) is 4.13. The number of nitrogens with one attached hydrogen (secondary N) is 1. The zero-order valence-corrected chi connectivity index (χ0v) is 16.2. The van der Waals surface area contributed by atoms with Crippen LogP contribution in [-0.4, -0.2) is 16.6 Å². The van der Waals surface area contributed by atoms with Gasteiger partial charge in [-0.05, 0) is 42.9 Å². The molecule has 0 unspecified atom stereocenters. The predicted octanol–water partition coefficient (Wildman–Crippen LogP) is 4.76. The number of ether oxygens (including phenoxy) is 1. The van der Waals surface area contributed by atoms with Crippen molar-refractivity contribution in [2.24, 2.45) is 0 Å². The van der Waals surface area contributed by atoms with E-state index in [2.05, 4.69) is 28.4 Å². The maximum absolute atomic E-state index is 5.78. The fraction of sp³-hybridized carbons (Fsp3) is 0.227. The van der Waals surface area contributed by atoms with Gasteiger partial charge in [0, 0.05) is 18.7 Å². The Morgan fingerprint density at radius 1 is 1.00 bits per heavy atom. The standard InChI is InChI=1S/C22H24N2O2S/c1-2-25-21-13-7-6-11-19(21)17-24(16-18-9-4-3-5-10-18)22(27)23-15-20-12-8-14-26-20/h3-14H,2,15-17H2,1H3,(H,23,27). The van der Waals surface area contributed by atoms with Gasteiger partial charge in [0.2, 0.25) is 0 Å². The maximum Gasteiger partial charge on any atom is 0.169 e. The van der Waals surface area contributed by atoms with E-state index in [0.29, 0.717) is 31.4 Å². The Labute approximate surface area is 165 Å². The second-order valence-electron chi connectivity index (χ2n) is 6.12. The third kappa shape index (κ3) is 5.59. The molecule has 4 nitrogen and oxygen atoms in total. The fourth-order valence-electron chi connectivity index (χ4n) is 2.83. The molecular formula is C22H24N2O2S. The number of furan rings is 1. The highest BCUT2D eigenvalue weighted by atomic mass is 32.1. The van der Waals surface area contributed by atoms with Crippen molar-refractivity contribution in [1.29, 1.82) is 0 Å². The lowest BCUT2D eigenvalue weighted by atomic mass is 10.1. The summed E-state index contributed by atoms with van der Waals surface area (Å²) in [6, 6.07) is 22.2. The maximum atomic E-state index is 5.78. The van der Waals surface area contributed by atoms with Crippen LogP contribution in [-0.2, 0) is 19.6 Å². The van der Waals surface area contributed by atoms with Gasteiger partial charge < -0.3 is 19.4 Å². The van der Waals surface area contributed by atoms with E-state index < -0.39 is 0 Å². The molecule has 5 heteroatoms. The Bertz CT molecular complexity index is 835. The molecule has 0 saturated carbocycles. The lowest BCUT2D eigenvalue weighted by Crippen LogP contribution is -2.38. The summed E-state index contributed by atoms with van der Waals surface area (Å²) in [4.78, 5) is 2.14.